The third-order valence-electron chi connectivity index (χ3n) is 3.55. The minimum Gasteiger partial charge on any atom is -0.377 e. The van der Waals surface area contributed by atoms with E-state index in [0.29, 0.717) is 18.2 Å². The molecule has 0 radical (unpaired) electrons. The molecular formula is C11H22N2O. The Hall–Kier alpha value is -0.120. The zero-order chi connectivity index (χ0) is 9.97. The van der Waals surface area contributed by atoms with Gasteiger partial charge in [0, 0.05) is 38.3 Å². The van der Waals surface area contributed by atoms with Crippen LogP contribution in [0.2, 0.25) is 0 Å². The Bertz CT molecular complexity index is 186. The highest BCUT2D eigenvalue weighted by molar-refractivity contribution is 4.84. The van der Waals surface area contributed by atoms with Gasteiger partial charge in [0.25, 0.3) is 0 Å². The zero-order valence-corrected chi connectivity index (χ0v) is 9.33. The molecular weight excluding hydrogens is 176 g/mol. The maximum absolute atomic E-state index is 5.62. The first-order valence-corrected chi connectivity index (χ1v) is 5.86. The molecule has 0 aromatic rings. The van der Waals surface area contributed by atoms with Crippen LogP contribution in [0.4, 0.5) is 0 Å². The van der Waals surface area contributed by atoms with Crippen LogP contribution < -0.4 is 5.32 Å². The van der Waals surface area contributed by atoms with E-state index in [2.05, 4.69) is 24.1 Å². The maximum atomic E-state index is 5.62. The summed E-state index contributed by atoms with van der Waals surface area (Å²) in [7, 11) is 0. The van der Waals surface area contributed by atoms with Gasteiger partial charge in [-0.3, -0.25) is 4.90 Å². The number of nitrogens with zero attached hydrogens (tertiary/aromatic N) is 1. The fourth-order valence-electron chi connectivity index (χ4n) is 2.56. The Balaban J connectivity index is 1.90. The molecule has 0 aliphatic carbocycles. The van der Waals surface area contributed by atoms with Crippen molar-refractivity contribution < 1.29 is 4.74 Å². The fourth-order valence-corrected chi connectivity index (χ4v) is 2.56. The highest BCUT2D eigenvalue weighted by Gasteiger charge is 2.30. The Morgan fingerprint density at radius 2 is 2.07 bits per heavy atom. The smallest absolute Gasteiger partial charge is 0.0703 e. The van der Waals surface area contributed by atoms with Crippen molar-refractivity contribution in [3.8, 4) is 0 Å². The Kier molecular flexibility index (Phi) is 3.42. The average Bonchev–Trinajstić information content (AvgIpc) is 2.46. The summed E-state index contributed by atoms with van der Waals surface area (Å²) < 4.78 is 5.62. The van der Waals surface area contributed by atoms with E-state index in [1.807, 2.05) is 0 Å². The number of nitrogens with one attached hydrogen (secondary N) is 1. The molecule has 82 valence electrons. The van der Waals surface area contributed by atoms with E-state index in [9.17, 15) is 0 Å². The summed E-state index contributed by atoms with van der Waals surface area (Å²) in [5.74, 6) is 0. The van der Waals surface area contributed by atoms with Crippen molar-refractivity contribution >= 4 is 0 Å². The van der Waals surface area contributed by atoms with E-state index in [-0.39, 0.29) is 0 Å². The highest BCUT2D eigenvalue weighted by Crippen LogP contribution is 2.20. The van der Waals surface area contributed by atoms with Gasteiger partial charge in [-0.05, 0) is 26.7 Å². The number of hydrogen-bond donors (Lipinski definition) is 1. The van der Waals surface area contributed by atoms with E-state index in [4.69, 9.17) is 4.74 Å². The quantitative estimate of drug-likeness (QED) is 0.676. The summed E-state index contributed by atoms with van der Waals surface area (Å²) in [6.07, 6.45) is 2.92. The molecule has 3 nitrogen and oxygen atoms in total. The van der Waals surface area contributed by atoms with E-state index in [1.54, 1.807) is 0 Å². The second-order valence-corrected chi connectivity index (χ2v) is 4.61. The van der Waals surface area contributed by atoms with E-state index >= 15 is 0 Å². The lowest BCUT2D eigenvalue weighted by molar-refractivity contribution is 0.0763. The van der Waals surface area contributed by atoms with E-state index in [1.165, 1.54) is 25.9 Å². The Labute approximate surface area is 86.8 Å². The van der Waals surface area contributed by atoms with Gasteiger partial charge >= 0.3 is 0 Å². The van der Waals surface area contributed by atoms with Crippen molar-refractivity contribution in [2.45, 2.75) is 44.9 Å². The topological polar surface area (TPSA) is 24.5 Å². The van der Waals surface area contributed by atoms with Crippen molar-refractivity contribution in [1.82, 2.24) is 10.2 Å². The molecule has 3 atom stereocenters. The summed E-state index contributed by atoms with van der Waals surface area (Å²) in [5.41, 5.74) is 0. The molecule has 2 fully saturated rings. The highest BCUT2D eigenvalue weighted by atomic mass is 16.5. The molecule has 2 saturated heterocycles. The van der Waals surface area contributed by atoms with E-state index < -0.39 is 0 Å². The first-order chi connectivity index (χ1) is 6.77. The molecule has 0 spiro atoms. The minimum atomic E-state index is 0.434. The fraction of sp³-hybridized carbons (Fsp3) is 1.00. The van der Waals surface area contributed by atoms with Gasteiger partial charge in [0.1, 0.15) is 0 Å². The Morgan fingerprint density at radius 3 is 2.79 bits per heavy atom. The van der Waals surface area contributed by atoms with Crippen LogP contribution in [0.3, 0.4) is 0 Å². The molecule has 0 aromatic heterocycles. The summed E-state index contributed by atoms with van der Waals surface area (Å²) in [5, 5.41) is 3.53. The normalized spacial score (nSPS) is 41.1. The number of ether oxygens (including phenoxy) is 1. The van der Waals surface area contributed by atoms with Gasteiger partial charge < -0.3 is 10.1 Å². The number of hydrogen-bond acceptors (Lipinski definition) is 3. The second-order valence-electron chi connectivity index (χ2n) is 4.61. The predicted molar refractivity (Wildman–Crippen MR) is 57.5 cm³/mol. The molecule has 0 aromatic carbocycles. The van der Waals surface area contributed by atoms with Gasteiger partial charge in [0.05, 0.1) is 6.10 Å². The lowest BCUT2D eigenvalue weighted by Crippen LogP contribution is -2.41. The number of rotatable bonds is 1. The van der Waals surface area contributed by atoms with Crippen LogP contribution in [0.15, 0.2) is 0 Å². The van der Waals surface area contributed by atoms with Crippen LogP contribution in [0, 0.1) is 0 Å². The lowest BCUT2D eigenvalue weighted by atomic mass is 10.1. The van der Waals surface area contributed by atoms with Crippen molar-refractivity contribution in [2.24, 2.45) is 0 Å². The third kappa shape index (κ3) is 2.27. The molecule has 0 saturated carbocycles. The largest absolute Gasteiger partial charge is 0.377 e. The molecule has 2 aliphatic rings. The summed E-state index contributed by atoms with van der Waals surface area (Å²) in [6.45, 7) is 8.97. The molecule has 2 rings (SSSR count). The van der Waals surface area contributed by atoms with Gasteiger partial charge in [-0.2, -0.15) is 0 Å². The van der Waals surface area contributed by atoms with Crippen LogP contribution in [0.1, 0.15) is 26.7 Å². The summed E-state index contributed by atoms with van der Waals surface area (Å²) in [4.78, 5) is 2.61. The van der Waals surface area contributed by atoms with Crippen molar-refractivity contribution in [3.63, 3.8) is 0 Å². The Morgan fingerprint density at radius 1 is 1.21 bits per heavy atom. The van der Waals surface area contributed by atoms with Crippen molar-refractivity contribution in [3.05, 3.63) is 0 Å². The molecule has 3 unspecified atom stereocenters. The molecule has 2 heterocycles. The summed E-state index contributed by atoms with van der Waals surface area (Å²) in [6, 6.07) is 1.35. The van der Waals surface area contributed by atoms with Crippen molar-refractivity contribution in [2.75, 3.05) is 26.2 Å². The molecule has 2 aliphatic heterocycles. The van der Waals surface area contributed by atoms with E-state index in [0.717, 1.165) is 13.2 Å². The minimum absolute atomic E-state index is 0.434. The SMILES string of the molecule is CC1CCN(C2CCOC2C)CCN1. The molecule has 3 heteroatoms. The standard InChI is InChI=1S/C11H22N2O/c1-9-3-6-13(7-5-12-9)11-4-8-14-10(11)2/h9-12H,3-8H2,1-2H3. The predicted octanol–water partition coefficient (Wildman–Crippen LogP) is 0.848. The monoisotopic (exact) mass is 198 g/mol. The first-order valence-electron chi connectivity index (χ1n) is 5.86. The van der Waals surface area contributed by atoms with Gasteiger partial charge in [0.2, 0.25) is 0 Å². The van der Waals surface area contributed by atoms with Gasteiger partial charge in [-0.15, -0.1) is 0 Å². The lowest BCUT2D eigenvalue weighted by Gasteiger charge is -2.28. The maximum Gasteiger partial charge on any atom is 0.0703 e. The van der Waals surface area contributed by atoms with Crippen LogP contribution in [-0.4, -0.2) is 49.3 Å². The van der Waals surface area contributed by atoms with Gasteiger partial charge in [-0.25, -0.2) is 0 Å². The van der Waals surface area contributed by atoms with Crippen LogP contribution in [0.5, 0.6) is 0 Å². The molecule has 14 heavy (non-hydrogen) atoms. The van der Waals surface area contributed by atoms with Gasteiger partial charge in [0.15, 0.2) is 0 Å². The average molecular weight is 198 g/mol. The van der Waals surface area contributed by atoms with Crippen LogP contribution in [0.25, 0.3) is 0 Å². The van der Waals surface area contributed by atoms with Crippen LogP contribution in [-0.2, 0) is 4.74 Å². The van der Waals surface area contributed by atoms with Crippen LogP contribution >= 0.6 is 0 Å². The molecule has 0 amide bonds. The second kappa shape index (κ2) is 4.60. The summed E-state index contributed by atoms with van der Waals surface area (Å²) >= 11 is 0. The molecule has 0 bridgehead atoms. The van der Waals surface area contributed by atoms with Crippen molar-refractivity contribution in [1.29, 1.82) is 0 Å². The first kappa shape index (κ1) is 10.4. The molecule has 1 N–H and O–H groups in total. The zero-order valence-electron chi connectivity index (χ0n) is 9.33. The van der Waals surface area contributed by atoms with Gasteiger partial charge in [-0.1, -0.05) is 0 Å². The third-order valence-corrected chi connectivity index (χ3v) is 3.55.